The van der Waals surface area contributed by atoms with Gasteiger partial charge in [0.15, 0.2) is 6.23 Å². The molecule has 3 heterocycles. The molecule has 0 saturated carbocycles. The lowest BCUT2D eigenvalue weighted by molar-refractivity contribution is -0.138. The summed E-state index contributed by atoms with van der Waals surface area (Å²) in [6.07, 6.45) is -3.94. The highest BCUT2D eigenvalue weighted by molar-refractivity contribution is 7.89. The van der Waals surface area contributed by atoms with E-state index in [-0.39, 0.29) is 12.5 Å². The fraction of sp³-hybridized carbons (Fsp3) is 0.591. The topological polar surface area (TPSA) is 89.5 Å². The number of likely N-dealkylation sites (tertiary alicyclic amines) is 1. The number of benzene rings is 1. The maximum Gasteiger partial charge on any atom is 0.416 e. The van der Waals surface area contributed by atoms with Crippen molar-refractivity contribution in [3.8, 4) is 0 Å². The SMILES string of the molecule is CC(C)S(=O)(=O)N1CCc2c(C(O)N3CCC(c4ccccc4C(F)(F)F)CC3)n[nH]c2C1. The normalized spacial score (nSPS) is 20.2. The molecule has 1 aromatic carbocycles. The molecule has 7 nitrogen and oxygen atoms in total. The molecule has 2 N–H and O–H groups in total. The summed E-state index contributed by atoms with van der Waals surface area (Å²) in [6.45, 7) is 4.67. The first kappa shape index (κ1) is 24.2. The van der Waals surface area contributed by atoms with Crippen LogP contribution in [0.3, 0.4) is 0 Å². The molecule has 2 aliphatic heterocycles. The number of nitrogens with one attached hydrogen (secondary N) is 1. The Hall–Kier alpha value is -1.95. The number of hydrogen-bond acceptors (Lipinski definition) is 5. The minimum absolute atomic E-state index is 0.186. The van der Waals surface area contributed by atoms with Crippen molar-refractivity contribution in [2.75, 3.05) is 19.6 Å². The molecule has 2 aliphatic rings. The van der Waals surface area contributed by atoms with Gasteiger partial charge in [-0.2, -0.15) is 22.6 Å². The zero-order valence-corrected chi connectivity index (χ0v) is 19.5. The van der Waals surface area contributed by atoms with Crippen molar-refractivity contribution in [2.24, 2.45) is 0 Å². The standard InChI is InChI=1S/C22H29F3N4O3S/c1-14(2)33(31,32)29-12-9-17-19(13-29)26-27-20(17)21(30)28-10-7-15(8-11-28)16-5-3-4-6-18(16)22(23,24)25/h3-6,14-15,21,30H,7-13H2,1-2H3,(H,26,27). The molecule has 1 atom stereocenters. The maximum absolute atomic E-state index is 13.4. The van der Waals surface area contributed by atoms with Gasteiger partial charge >= 0.3 is 6.18 Å². The van der Waals surface area contributed by atoms with E-state index in [0.717, 1.165) is 11.6 Å². The molecule has 1 unspecified atom stereocenters. The van der Waals surface area contributed by atoms with E-state index in [1.54, 1.807) is 26.0 Å². The summed E-state index contributed by atoms with van der Waals surface area (Å²) >= 11 is 0. The number of nitrogens with zero attached hydrogens (tertiary/aromatic N) is 3. The number of aliphatic hydroxyl groups is 1. The van der Waals surface area contributed by atoms with Crippen LogP contribution >= 0.6 is 0 Å². The van der Waals surface area contributed by atoms with Crippen molar-refractivity contribution in [3.05, 3.63) is 52.3 Å². The van der Waals surface area contributed by atoms with Gasteiger partial charge in [-0.25, -0.2) is 8.42 Å². The number of piperidine rings is 1. The summed E-state index contributed by atoms with van der Waals surface area (Å²) in [5.74, 6) is -0.228. The molecular formula is C22H29F3N4O3S. The van der Waals surface area contributed by atoms with E-state index in [0.29, 0.717) is 55.8 Å². The lowest BCUT2D eigenvalue weighted by Gasteiger charge is -2.36. The molecule has 2 aromatic rings. The number of alkyl halides is 3. The zero-order chi connectivity index (χ0) is 24.0. The Morgan fingerprint density at radius 2 is 1.82 bits per heavy atom. The first-order valence-corrected chi connectivity index (χ1v) is 12.6. The van der Waals surface area contributed by atoms with E-state index in [1.165, 1.54) is 10.4 Å². The van der Waals surface area contributed by atoms with Crippen molar-refractivity contribution < 1.29 is 26.7 Å². The minimum Gasteiger partial charge on any atom is -0.372 e. The molecule has 1 aromatic heterocycles. The Morgan fingerprint density at radius 1 is 1.15 bits per heavy atom. The van der Waals surface area contributed by atoms with Gasteiger partial charge in [0.25, 0.3) is 0 Å². The Labute approximate surface area is 191 Å². The summed E-state index contributed by atoms with van der Waals surface area (Å²) in [6, 6.07) is 5.69. The van der Waals surface area contributed by atoms with E-state index < -0.39 is 33.2 Å². The molecule has 1 fully saturated rings. The maximum atomic E-state index is 13.4. The third kappa shape index (κ3) is 4.68. The highest BCUT2D eigenvalue weighted by Crippen LogP contribution is 2.40. The lowest BCUT2D eigenvalue weighted by atomic mass is 9.86. The number of halogens is 3. The quantitative estimate of drug-likeness (QED) is 0.676. The number of sulfonamides is 1. The van der Waals surface area contributed by atoms with Crippen molar-refractivity contribution in [2.45, 2.75) is 63.2 Å². The number of hydrogen-bond donors (Lipinski definition) is 2. The Bertz CT molecular complexity index is 1090. The average Bonchev–Trinajstić information content (AvgIpc) is 3.21. The van der Waals surface area contributed by atoms with Gasteiger partial charge in [-0.1, -0.05) is 18.2 Å². The lowest BCUT2D eigenvalue weighted by Crippen LogP contribution is -2.40. The summed E-state index contributed by atoms with van der Waals surface area (Å²) in [4.78, 5) is 1.82. The summed E-state index contributed by atoms with van der Waals surface area (Å²) < 4.78 is 66.6. The fourth-order valence-electron chi connectivity index (χ4n) is 4.79. The van der Waals surface area contributed by atoms with E-state index in [4.69, 9.17) is 0 Å². The molecular weight excluding hydrogens is 457 g/mol. The first-order valence-electron chi connectivity index (χ1n) is 11.1. The number of aromatic nitrogens is 2. The highest BCUT2D eigenvalue weighted by Gasteiger charge is 2.37. The van der Waals surface area contributed by atoms with Crippen LogP contribution in [-0.4, -0.2) is 57.8 Å². The molecule has 0 radical (unpaired) electrons. The van der Waals surface area contributed by atoms with E-state index in [9.17, 15) is 26.7 Å². The van der Waals surface area contributed by atoms with Crippen LogP contribution in [0, 0.1) is 0 Å². The van der Waals surface area contributed by atoms with Crippen LogP contribution in [0.1, 0.15) is 66.9 Å². The number of aromatic amines is 1. The number of aliphatic hydroxyl groups excluding tert-OH is 1. The molecule has 33 heavy (non-hydrogen) atoms. The second-order valence-corrected chi connectivity index (χ2v) is 11.5. The predicted octanol–water partition coefficient (Wildman–Crippen LogP) is 3.40. The molecule has 11 heteroatoms. The third-order valence-electron chi connectivity index (χ3n) is 6.71. The molecule has 1 saturated heterocycles. The molecule has 182 valence electrons. The van der Waals surface area contributed by atoms with Gasteiger partial charge in [-0.15, -0.1) is 0 Å². The van der Waals surface area contributed by atoms with Crippen molar-refractivity contribution in [1.29, 1.82) is 0 Å². The largest absolute Gasteiger partial charge is 0.416 e. The zero-order valence-electron chi connectivity index (χ0n) is 18.6. The van der Waals surface area contributed by atoms with Crippen molar-refractivity contribution in [3.63, 3.8) is 0 Å². The average molecular weight is 487 g/mol. The van der Waals surface area contributed by atoms with Crippen molar-refractivity contribution >= 4 is 10.0 Å². The van der Waals surface area contributed by atoms with Gasteiger partial charge in [-0.3, -0.25) is 10.00 Å². The molecule has 0 amide bonds. The van der Waals surface area contributed by atoms with E-state index >= 15 is 0 Å². The van der Waals surface area contributed by atoms with Crippen LogP contribution in [0.2, 0.25) is 0 Å². The van der Waals surface area contributed by atoms with Gasteiger partial charge in [0.2, 0.25) is 10.0 Å². The molecule has 0 spiro atoms. The summed E-state index contributed by atoms with van der Waals surface area (Å²) in [5.41, 5.74) is 1.69. The second kappa shape index (κ2) is 9.01. The van der Waals surface area contributed by atoms with Crippen LogP contribution in [-0.2, 0) is 29.2 Å². The number of rotatable bonds is 5. The number of fused-ring (bicyclic) bond motifs is 1. The van der Waals surface area contributed by atoms with Crippen LogP contribution in [0.15, 0.2) is 24.3 Å². The minimum atomic E-state index is -4.39. The Kier molecular flexibility index (Phi) is 6.60. The highest BCUT2D eigenvalue weighted by atomic mass is 32.2. The molecule has 0 aliphatic carbocycles. The molecule has 0 bridgehead atoms. The van der Waals surface area contributed by atoms with Gasteiger partial charge in [0.1, 0.15) is 5.69 Å². The monoisotopic (exact) mass is 486 g/mol. The van der Waals surface area contributed by atoms with Gasteiger partial charge in [0.05, 0.1) is 23.1 Å². The van der Waals surface area contributed by atoms with E-state index in [1.807, 2.05) is 4.90 Å². The van der Waals surface area contributed by atoms with E-state index in [2.05, 4.69) is 10.2 Å². The number of H-pyrrole nitrogens is 1. The second-order valence-electron chi connectivity index (χ2n) is 9.01. The van der Waals surface area contributed by atoms with Crippen LogP contribution in [0.4, 0.5) is 13.2 Å². The fourth-order valence-corrected chi connectivity index (χ4v) is 6.04. The van der Waals surface area contributed by atoms with Crippen LogP contribution < -0.4 is 0 Å². The van der Waals surface area contributed by atoms with Gasteiger partial charge in [0, 0.05) is 25.2 Å². The first-order chi connectivity index (χ1) is 15.5. The Balaban J connectivity index is 1.44. The predicted molar refractivity (Wildman–Crippen MR) is 117 cm³/mol. The smallest absolute Gasteiger partial charge is 0.372 e. The van der Waals surface area contributed by atoms with Gasteiger partial charge < -0.3 is 5.11 Å². The van der Waals surface area contributed by atoms with Gasteiger partial charge in [-0.05, 0) is 50.7 Å². The summed E-state index contributed by atoms with van der Waals surface area (Å²) in [5, 5.41) is 17.6. The Morgan fingerprint density at radius 3 is 2.45 bits per heavy atom. The van der Waals surface area contributed by atoms with Crippen LogP contribution in [0.25, 0.3) is 0 Å². The summed E-state index contributed by atoms with van der Waals surface area (Å²) in [7, 11) is -3.39. The van der Waals surface area contributed by atoms with Crippen LogP contribution in [0.5, 0.6) is 0 Å². The molecule has 4 rings (SSSR count). The van der Waals surface area contributed by atoms with Crippen molar-refractivity contribution in [1.82, 2.24) is 19.4 Å². The third-order valence-corrected chi connectivity index (χ3v) is 8.93.